The van der Waals surface area contributed by atoms with E-state index in [1.165, 1.54) is 0 Å². The maximum absolute atomic E-state index is 11.8. The lowest BCUT2D eigenvalue weighted by Gasteiger charge is -2.36. The summed E-state index contributed by atoms with van der Waals surface area (Å²) in [4.78, 5) is 11.8. The van der Waals surface area contributed by atoms with Gasteiger partial charge in [-0.25, -0.2) is 0 Å². The van der Waals surface area contributed by atoms with Crippen LogP contribution < -0.4 is 16.8 Å². The van der Waals surface area contributed by atoms with E-state index in [0.29, 0.717) is 16.9 Å². The topological polar surface area (TPSA) is 101 Å². The van der Waals surface area contributed by atoms with Crippen molar-refractivity contribution in [2.45, 2.75) is 24.9 Å². The summed E-state index contributed by atoms with van der Waals surface area (Å²) in [5.41, 5.74) is 11.8. The summed E-state index contributed by atoms with van der Waals surface area (Å²) in [7, 11) is 0. The maximum atomic E-state index is 11.8. The molecule has 1 fully saturated rings. The van der Waals surface area contributed by atoms with E-state index < -0.39 is 5.60 Å². The van der Waals surface area contributed by atoms with Crippen molar-refractivity contribution in [1.82, 2.24) is 5.32 Å². The van der Waals surface area contributed by atoms with Gasteiger partial charge in [-0.1, -0.05) is 0 Å². The molecule has 0 heterocycles. The third-order valence-electron chi connectivity index (χ3n) is 3.18. The highest BCUT2D eigenvalue weighted by Gasteiger charge is 2.34. The summed E-state index contributed by atoms with van der Waals surface area (Å²) in [6, 6.07) is 4.77. The minimum Gasteiger partial charge on any atom is -0.399 e. The Kier molecular flexibility index (Phi) is 2.93. The Bertz CT molecular complexity index is 441. The molecule has 1 aromatic carbocycles. The average Bonchev–Trinajstić information content (AvgIpc) is 2.23. The molecule has 5 heteroatoms. The quantitative estimate of drug-likeness (QED) is 0.573. The summed E-state index contributed by atoms with van der Waals surface area (Å²) in [5, 5.41) is 12.5. The summed E-state index contributed by atoms with van der Waals surface area (Å²) in [6.45, 7) is 0.273. The third-order valence-corrected chi connectivity index (χ3v) is 3.18. The molecule has 1 aliphatic carbocycles. The molecular formula is C12H17N3O2. The van der Waals surface area contributed by atoms with E-state index in [4.69, 9.17) is 11.5 Å². The first-order chi connectivity index (χ1) is 8.00. The largest absolute Gasteiger partial charge is 0.399 e. The molecule has 6 N–H and O–H groups in total. The van der Waals surface area contributed by atoms with Crippen LogP contribution in [-0.4, -0.2) is 23.2 Å². The molecule has 0 aliphatic heterocycles. The Morgan fingerprint density at radius 1 is 1.41 bits per heavy atom. The molecule has 17 heavy (non-hydrogen) atoms. The van der Waals surface area contributed by atoms with Crippen molar-refractivity contribution >= 4 is 17.3 Å². The molecule has 0 bridgehead atoms. The minimum atomic E-state index is -0.724. The van der Waals surface area contributed by atoms with E-state index >= 15 is 0 Å². The monoisotopic (exact) mass is 235 g/mol. The van der Waals surface area contributed by atoms with Gasteiger partial charge in [0.1, 0.15) is 0 Å². The number of nitrogens with one attached hydrogen (secondary N) is 1. The van der Waals surface area contributed by atoms with Crippen molar-refractivity contribution in [3.8, 4) is 0 Å². The fourth-order valence-electron chi connectivity index (χ4n) is 1.89. The lowest BCUT2D eigenvalue weighted by atomic mass is 9.80. The van der Waals surface area contributed by atoms with Crippen LogP contribution in [0.3, 0.4) is 0 Å². The van der Waals surface area contributed by atoms with Gasteiger partial charge in [0.15, 0.2) is 0 Å². The van der Waals surface area contributed by atoms with Crippen LogP contribution in [0.2, 0.25) is 0 Å². The summed E-state index contributed by atoms with van der Waals surface area (Å²) in [5.74, 6) is -0.275. The molecule has 1 aliphatic rings. The molecule has 1 amide bonds. The van der Waals surface area contributed by atoms with Gasteiger partial charge in [-0.15, -0.1) is 0 Å². The summed E-state index contributed by atoms with van der Waals surface area (Å²) in [6.07, 6.45) is 2.49. The van der Waals surface area contributed by atoms with Crippen molar-refractivity contribution in [2.75, 3.05) is 18.0 Å². The highest BCUT2D eigenvalue weighted by atomic mass is 16.3. The highest BCUT2D eigenvalue weighted by molar-refractivity contribution is 5.99. The zero-order valence-electron chi connectivity index (χ0n) is 9.57. The minimum absolute atomic E-state index is 0.273. The zero-order chi connectivity index (χ0) is 12.5. The smallest absolute Gasteiger partial charge is 0.253 e. The first-order valence-corrected chi connectivity index (χ1v) is 5.66. The van der Waals surface area contributed by atoms with Crippen molar-refractivity contribution in [3.05, 3.63) is 23.8 Å². The van der Waals surface area contributed by atoms with E-state index in [2.05, 4.69) is 5.32 Å². The van der Waals surface area contributed by atoms with Crippen molar-refractivity contribution in [3.63, 3.8) is 0 Å². The lowest BCUT2D eigenvalue weighted by molar-refractivity contribution is -0.0300. The second-order valence-corrected chi connectivity index (χ2v) is 4.61. The predicted octanol–water partition coefficient (Wildman–Crippen LogP) is 0.496. The SMILES string of the molecule is Nc1ccc(C(=O)NCC2(O)CCC2)c(N)c1. The van der Waals surface area contributed by atoms with Gasteiger partial charge in [0.2, 0.25) is 0 Å². The second-order valence-electron chi connectivity index (χ2n) is 4.61. The van der Waals surface area contributed by atoms with Crippen LogP contribution in [-0.2, 0) is 0 Å². The molecule has 0 saturated heterocycles. The number of hydrogen-bond acceptors (Lipinski definition) is 4. The second kappa shape index (κ2) is 4.25. The molecule has 92 valence electrons. The Morgan fingerprint density at radius 3 is 2.65 bits per heavy atom. The maximum Gasteiger partial charge on any atom is 0.253 e. The van der Waals surface area contributed by atoms with Gasteiger partial charge in [0.25, 0.3) is 5.91 Å². The fourth-order valence-corrected chi connectivity index (χ4v) is 1.89. The molecule has 1 saturated carbocycles. The van der Waals surface area contributed by atoms with Crippen molar-refractivity contribution in [2.24, 2.45) is 0 Å². The Labute approximate surface area is 99.8 Å². The molecule has 2 rings (SSSR count). The molecule has 5 nitrogen and oxygen atoms in total. The van der Waals surface area contributed by atoms with Crippen molar-refractivity contribution < 1.29 is 9.90 Å². The van der Waals surface area contributed by atoms with Crippen LogP contribution in [0.25, 0.3) is 0 Å². The van der Waals surface area contributed by atoms with E-state index in [1.54, 1.807) is 18.2 Å². The first kappa shape index (κ1) is 11.7. The van der Waals surface area contributed by atoms with Crippen LogP contribution in [0.1, 0.15) is 29.6 Å². The van der Waals surface area contributed by atoms with Gasteiger partial charge in [-0.2, -0.15) is 0 Å². The standard InChI is InChI=1S/C12H17N3O2/c13-8-2-3-9(10(14)6-8)11(16)15-7-12(17)4-1-5-12/h2-3,6,17H,1,4-5,7,13-14H2,(H,15,16). The summed E-state index contributed by atoms with van der Waals surface area (Å²) >= 11 is 0. The number of nitrogens with two attached hydrogens (primary N) is 2. The molecule has 0 aromatic heterocycles. The Morgan fingerprint density at radius 2 is 2.12 bits per heavy atom. The molecule has 0 atom stereocenters. The predicted molar refractivity (Wildman–Crippen MR) is 66.4 cm³/mol. The number of benzene rings is 1. The Hall–Kier alpha value is -1.75. The van der Waals surface area contributed by atoms with Gasteiger partial charge in [-0.05, 0) is 37.5 Å². The normalized spacial score (nSPS) is 17.2. The van der Waals surface area contributed by atoms with Gasteiger partial charge in [0.05, 0.1) is 11.2 Å². The van der Waals surface area contributed by atoms with Crippen LogP contribution in [0, 0.1) is 0 Å². The number of hydrogen-bond donors (Lipinski definition) is 4. The number of amides is 1. The molecule has 0 unspecified atom stereocenters. The molecule has 0 radical (unpaired) electrons. The fraction of sp³-hybridized carbons (Fsp3) is 0.417. The Balaban J connectivity index is 1.99. The van der Waals surface area contributed by atoms with E-state index in [-0.39, 0.29) is 12.5 Å². The molecular weight excluding hydrogens is 218 g/mol. The number of nitrogen functional groups attached to an aromatic ring is 2. The van der Waals surface area contributed by atoms with Crippen LogP contribution in [0.5, 0.6) is 0 Å². The third kappa shape index (κ3) is 2.50. The molecule has 1 aromatic rings. The number of anilines is 2. The number of aliphatic hydroxyl groups is 1. The lowest BCUT2D eigenvalue weighted by Crippen LogP contribution is -2.47. The molecule has 0 spiro atoms. The van der Waals surface area contributed by atoms with E-state index in [0.717, 1.165) is 19.3 Å². The van der Waals surface area contributed by atoms with Gasteiger partial charge < -0.3 is 21.9 Å². The summed E-state index contributed by atoms with van der Waals surface area (Å²) < 4.78 is 0. The highest BCUT2D eigenvalue weighted by Crippen LogP contribution is 2.30. The van der Waals surface area contributed by atoms with Gasteiger partial charge in [-0.3, -0.25) is 4.79 Å². The van der Waals surface area contributed by atoms with Crippen LogP contribution in [0.4, 0.5) is 11.4 Å². The average molecular weight is 235 g/mol. The van der Waals surface area contributed by atoms with Crippen molar-refractivity contribution in [1.29, 1.82) is 0 Å². The zero-order valence-corrected chi connectivity index (χ0v) is 9.57. The first-order valence-electron chi connectivity index (χ1n) is 5.66. The number of rotatable bonds is 3. The number of carbonyl (C=O) groups excluding carboxylic acids is 1. The van der Waals surface area contributed by atoms with E-state index in [1.807, 2.05) is 0 Å². The van der Waals surface area contributed by atoms with Crippen LogP contribution in [0.15, 0.2) is 18.2 Å². The van der Waals surface area contributed by atoms with Gasteiger partial charge in [0, 0.05) is 17.9 Å². The van der Waals surface area contributed by atoms with Crippen LogP contribution >= 0.6 is 0 Å². The van der Waals surface area contributed by atoms with E-state index in [9.17, 15) is 9.90 Å². The number of carbonyl (C=O) groups is 1. The van der Waals surface area contributed by atoms with Gasteiger partial charge >= 0.3 is 0 Å².